The molecule has 148 valence electrons. The van der Waals surface area contributed by atoms with Gasteiger partial charge in [0.2, 0.25) is 5.91 Å². The van der Waals surface area contributed by atoms with Crippen LogP contribution in [0.15, 0.2) is 30.3 Å². The molecule has 1 aliphatic rings. The standard InChI is InChI=1S/C21H27N5O2/c1-4-16(21(28)26(2)3)23-19-15-12-13-22-20(27)18(15)24-17(25-19)11-10-14-8-6-5-7-9-14/h5-9,16H,4,10-13H2,1-3H3,(H,22,27)(H,23,24,25). The molecular weight excluding hydrogens is 354 g/mol. The molecule has 0 saturated heterocycles. The van der Waals surface area contributed by atoms with Gasteiger partial charge in [-0.2, -0.15) is 0 Å². The number of anilines is 1. The zero-order valence-electron chi connectivity index (χ0n) is 16.7. The SMILES string of the molecule is CCC(Nc1nc(CCc2ccccc2)nc2c1CCNC2=O)C(=O)N(C)C. The van der Waals surface area contributed by atoms with E-state index in [-0.39, 0.29) is 17.9 Å². The summed E-state index contributed by atoms with van der Waals surface area (Å²) < 4.78 is 0. The Kier molecular flexibility index (Phi) is 6.23. The van der Waals surface area contributed by atoms with Crippen LogP contribution in [0.5, 0.6) is 0 Å². The molecule has 3 rings (SSSR count). The van der Waals surface area contributed by atoms with Crippen LogP contribution < -0.4 is 10.6 Å². The number of hydrogen-bond acceptors (Lipinski definition) is 5. The first kappa shape index (κ1) is 19.8. The van der Waals surface area contributed by atoms with Crippen molar-refractivity contribution in [3.63, 3.8) is 0 Å². The number of rotatable bonds is 7. The molecule has 0 saturated carbocycles. The van der Waals surface area contributed by atoms with Gasteiger partial charge in [0.1, 0.15) is 23.4 Å². The van der Waals surface area contributed by atoms with Gasteiger partial charge in [0.15, 0.2) is 0 Å². The van der Waals surface area contributed by atoms with E-state index in [4.69, 9.17) is 4.98 Å². The second kappa shape index (κ2) is 8.82. The molecule has 28 heavy (non-hydrogen) atoms. The number of hydrogen-bond donors (Lipinski definition) is 2. The molecule has 7 nitrogen and oxygen atoms in total. The maximum Gasteiger partial charge on any atom is 0.270 e. The van der Waals surface area contributed by atoms with Crippen LogP contribution in [0.3, 0.4) is 0 Å². The highest BCUT2D eigenvalue weighted by Crippen LogP contribution is 2.22. The van der Waals surface area contributed by atoms with Crippen molar-refractivity contribution in [2.24, 2.45) is 0 Å². The summed E-state index contributed by atoms with van der Waals surface area (Å²) in [6, 6.07) is 9.73. The van der Waals surface area contributed by atoms with Gasteiger partial charge in [-0.15, -0.1) is 0 Å². The Bertz CT molecular complexity index is 851. The van der Waals surface area contributed by atoms with Gasteiger partial charge in [-0.25, -0.2) is 9.97 Å². The fourth-order valence-electron chi connectivity index (χ4n) is 3.29. The number of amides is 2. The second-order valence-electron chi connectivity index (χ2n) is 7.14. The molecule has 2 N–H and O–H groups in total. The Morgan fingerprint density at radius 1 is 1.21 bits per heavy atom. The van der Waals surface area contributed by atoms with E-state index < -0.39 is 0 Å². The zero-order valence-corrected chi connectivity index (χ0v) is 16.7. The topological polar surface area (TPSA) is 87.2 Å². The first-order valence-corrected chi connectivity index (χ1v) is 9.69. The number of likely N-dealkylation sites (N-methyl/N-ethyl adjacent to an activating group) is 1. The Balaban J connectivity index is 1.90. The van der Waals surface area contributed by atoms with Crippen LogP contribution in [0.2, 0.25) is 0 Å². The largest absolute Gasteiger partial charge is 0.358 e. The van der Waals surface area contributed by atoms with Gasteiger partial charge in [-0.1, -0.05) is 37.3 Å². The lowest BCUT2D eigenvalue weighted by molar-refractivity contribution is -0.129. The van der Waals surface area contributed by atoms with E-state index >= 15 is 0 Å². The molecule has 1 aromatic carbocycles. The van der Waals surface area contributed by atoms with E-state index in [9.17, 15) is 9.59 Å². The highest BCUT2D eigenvalue weighted by molar-refractivity contribution is 5.96. The average molecular weight is 381 g/mol. The molecule has 2 amide bonds. The van der Waals surface area contributed by atoms with Crippen molar-refractivity contribution >= 4 is 17.6 Å². The fraction of sp³-hybridized carbons (Fsp3) is 0.429. The van der Waals surface area contributed by atoms with Crippen molar-refractivity contribution in [1.29, 1.82) is 0 Å². The minimum absolute atomic E-state index is 0.0130. The molecule has 0 spiro atoms. The maximum absolute atomic E-state index is 12.4. The molecule has 0 fully saturated rings. The Labute approximate surface area is 165 Å². The lowest BCUT2D eigenvalue weighted by Crippen LogP contribution is -2.40. The van der Waals surface area contributed by atoms with E-state index in [0.29, 0.717) is 43.1 Å². The van der Waals surface area contributed by atoms with Crippen LogP contribution in [0.25, 0.3) is 0 Å². The molecule has 0 bridgehead atoms. The lowest BCUT2D eigenvalue weighted by Gasteiger charge is -2.25. The highest BCUT2D eigenvalue weighted by atomic mass is 16.2. The monoisotopic (exact) mass is 381 g/mol. The predicted octanol–water partition coefficient (Wildman–Crippen LogP) is 1.83. The average Bonchev–Trinajstić information content (AvgIpc) is 2.71. The number of aryl methyl sites for hydroxylation is 2. The van der Waals surface area contributed by atoms with Crippen LogP contribution in [0.4, 0.5) is 5.82 Å². The number of nitrogens with zero attached hydrogens (tertiary/aromatic N) is 3. The van der Waals surface area contributed by atoms with E-state index in [0.717, 1.165) is 12.0 Å². The maximum atomic E-state index is 12.4. The molecule has 2 heterocycles. The molecule has 0 radical (unpaired) electrons. The van der Waals surface area contributed by atoms with Gasteiger partial charge in [-0.05, 0) is 24.8 Å². The van der Waals surface area contributed by atoms with Crippen molar-refractivity contribution in [3.8, 4) is 0 Å². The van der Waals surface area contributed by atoms with Gasteiger partial charge >= 0.3 is 0 Å². The molecule has 2 aromatic rings. The van der Waals surface area contributed by atoms with Gasteiger partial charge < -0.3 is 15.5 Å². The molecular formula is C21H27N5O2. The summed E-state index contributed by atoms with van der Waals surface area (Å²) in [4.78, 5) is 35.6. The first-order chi connectivity index (χ1) is 13.5. The number of carbonyl (C=O) groups is 2. The Morgan fingerprint density at radius 3 is 2.64 bits per heavy atom. The zero-order chi connectivity index (χ0) is 20.1. The van der Waals surface area contributed by atoms with Crippen molar-refractivity contribution in [2.45, 2.75) is 38.6 Å². The van der Waals surface area contributed by atoms with Crippen LogP contribution in [-0.4, -0.2) is 53.4 Å². The van der Waals surface area contributed by atoms with E-state index in [2.05, 4.69) is 27.8 Å². The first-order valence-electron chi connectivity index (χ1n) is 9.69. The van der Waals surface area contributed by atoms with Crippen molar-refractivity contribution in [2.75, 3.05) is 26.0 Å². The summed E-state index contributed by atoms with van der Waals surface area (Å²) in [5.74, 6) is 1.01. The quantitative estimate of drug-likeness (QED) is 0.764. The highest BCUT2D eigenvalue weighted by Gasteiger charge is 2.26. The molecule has 0 aliphatic carbocycles. The second-order valence-corrected chi connectivity index (χ2v) is 7.14. The third-order valence-electron chi connectivity index (χ3n) is 4.87. The lowest BCUT2D eigenvalue weighted by atomic mass is 10.0. The number of aromatic nitrogens is 2. The molecule has 7 heteroatoms. The Hall–Kier alpha value is -2.96. The molecule has 1 atom stereocenters. The summed E-state index contributed by atoms with van der Waals surface area (Å²) >= 11 is 0. The molecule has 1 unspecified atom stereocenters. The van der Waals surface area contributed by atoms with Gasteiger partial charge in [0.05, 0.1) is 0 Å². The fourth-order valence-corrected chi connectivity index (χ4v) is 3.29. The number of nitrogens with one attached hydrogen (secondary N) is 2. The van der Waals surface area contributed by atoms with Crippen LogP contribution in [0.1, 0.15) is 40.8 Å². The number of fused-ring (bicyclic) bond motifs is 1. The minimum Gasteiger partial charge on any atom is -0.358 e. The van der Waals surface area contributed by atoms with Crippen molar-refractivity contribution < 1.29 is 9.59 Å². The Morgan fingerprint density at radius 2 is 1.96 bits per heavy atom. The summed E-state index contributed by atoms with van der Waals surface area (Å²) in [5.41, 5.74) is 2.40. The van der Waals surface area contributed by atoms with Gasteiger partial charge in [-0.3, -0.25) is 9.59 Å². The van der Waals surface area contributed by atoms with Gasteiger partial charge in [0.25, 0.3) is 5.91 Å². The van der Waals surface area contributed by atoms with Crippen molar-refractivity contribution in [3.05, 3.63) is 53.0 Å². The normalized spacial score (nSPS) is 14.0. The molecule has 1 aromatic heterocycles. The molecule has 1 aliphatic heterocycles. The van der Waals surface area contributed by atoms with Crippen LogP contribution >= 0.6 is 0 Å². The predicted molar refractivity (Wildman–Crippen MR) is 108 cm³/mol. The van der Waals surface area contributed by atoms with E-state index in [1.54, 1.807) is 19.0 Å². The van der Waals surface area contributed by atoms with Gasteiger partial charge in [0, 0.05) is 32.6 Å². The summed E-state index contributed by atoms with van der Waals surface area (Å²) in [6.45, 7) is 2.50. The minimum atomic E-state index is -0.388. The number of carbonyl (C=O) groups excluding carboxylic acids is 2. The third-order valence-corrected chi connectivity index (χ3v) is 4.87. The summed E-state index contributed by atoms with van der Waals surface area (Å²) in [6.07, 6.45) is 2.68. The smallest absolute Gasteiger partial charge is 0.270 e. The van der Waals surface area contributed by atoms with Crippen LogP contribution in [-0.2, 0) is 24.1 Å². The van der Waals surface area contributed by atoms with Crippen LogP contribution in [0, 0.1) is 0 Å². The van der Waals surface area contributed by atoms with E-state index in [1.165, 1.54) is 5.56 Å². The summed E-state index contributed by atoms with van der Waals surface area (Å²) in [7, 11) is 3.47. The van der Waals surface area contributed by atoms with Crippen molar-refractivity contribution in [1.82, 2.24) is 20.2 Å². The number of benzene rings is 1. The summed E-state index contributed by atoms with van der Waals surface area (Å²) in [5, 5.41) is 6.12. The van der Waals surface area contributed by atoms with E-state index in [1.807, 2.05) is 25.1 Å². The third kappa shape index (κ3) is 4.47.